The molecule has 2 aliphatic rings. The first kappa shape index (κ1) is 18.6. The molecule has 2 saturated heterocycles. The van der Waals surface area contributed by atoms with Crippen molar-refractivity contribution < 1.29 is 4.39 Å². The summed E-state index contributed by atoms with van der Waals surface area (Å²) in [5.74, 6) is 0.841. The molecule has 0 amide bonds. The molecule has 5 nitrogen and oxygen atoms in total. The van der Waals surface area contributed by atoms with Gasteiger partial charge in [-0.2, -0.15) is 0 Å². The Labute approximate surface area is 171 Å². The Morgan fingerprint density at radius 3 is 2.41 bits per heavy atom. The molecule has 0 unspecified atom stereocenters. The lowest BCUT2D eigenvalue weighted by molar-refractivity contribution is 0.141. The molecule has 6 heteroatoms. The number of halogens is 1. The predicted octanol–water partition coefficient (Wildman–Crippen LogP) is 4.07. The molecule has 4 heterocycles. The molecule has 0 radical (unpaired) electrons. The van der Waals surface area contributed by atoms with Gasteiger partial charge in [0.25, 0.3) is 0 Å². The number of hydrogen-bond donors (Lipinski definition) is 0. The maximum absolute atomic E-state index is 13.2. The highest BCUT2D eigenvalue weighted by Gasteiger charge is 2.27. The third-order valence-corrected chi connectivity index (χ3v) is 6.47. The van der Waals surface area contributed by atoms with Crippen molar-refractivity contribution in [2.45, 2.75) is 44.7 Å². The zero-order valence-electron chi connectivity index (χ0n) is 16.8. The summed E-state index contributed by atoms with van der Waals surface area (Å²) in [4.78, 5) is 14.3. The maximum Gasteiger partial charge on any atom is 0.145 e. The van der Waals surface area contributed by atoms with Crippen LogP contribution in [-0.2, 0) is 6.54 Å². The van der Waals surface area contributed by atoms with Gasteiger partial charge in [-0.1, -0.05) is 18.6 Å². The smallest absolute Gasteiger partial charge is 0.145 e. The number of nitrogens with zero attached hydrogens (tertiary/aromatic N) is 5. The fourth-order valence-electron chi connectivity index (χ4n) is 4.88. The number of hydrogen-bond acceptors (Lipinski definition) is 4. The second-order valence-electron chi connectivity index (χ2n) is 8.32. The lowest BCUT2D eigenvalue weighted by Crippen LogP contribution is -2.47. The summed E-state index contributed by atoms with van der Waals surface area (Å²) in [7, 11) is 0. The molecule has 0 saturated carbocycles. The highest BCUT2D eigenvalue weighted by molar-refractivity contribution is 5.88. The van der Waals surface area contributed by atoms with Gasteiger partial charge in [0, 0.05) is 31.9 Å². The van der Waals surface area contributed by atoms with E-state index in [9.17, 15) is 4.39 Å². The van der Waals surface area contributed by atoms with E-state index in [0.29, 0.717) is 6.54 Å². The number of fused-ring (bicyclic) bond motifs is 1. The maximum atomic E-state index is 13.2. The minimum absolute atomic E-state index is 0.205. The minimum atomic E-state index is -0.205. The number of anilines is 1. The Morgan fingerprint density at radius 1 is 0.897 bits per heavy atom. The normalized spacial score (nSPS) is 19.1. The van der Waals surface area contributed by atoms with Gasteiger partial charge in [-0.3, -0.25) is 0 Å². The predicted molar refractivity (Wildman–Crippen MR) is 114 cm³/mol. The summed E-state index contributed by atoms with van der Waals surface area (Å²) < 4.78 is 15.3. The average Bonchev–Trinajstić information content (AvgIpc) is 3.19. The molecular formula is C23H28FN5. The first-order valence-corrected chi connectivity index (χ1v) is 10.8. The van der Waals surface area contributed by atoms with E-state index >= 15 is 0 Å². The van der Waals surface area contributed by atoms with Gasteiger partial charge >= 0.3 is 0 Å². The van der Waals surface area contributed by atoms with Crippen molar-refractivity contribution in [3.8, 4) is 0 Å². The second-order valence-corrected chi connectivity index (χ2v) is 8.32. The highest BCUT2D eigenvalue weighted by Crippen LogP contribution is 2.29. The zero-order chi connectivity index (χ0) is 19.6. The Hall–Kier alpha value is -2.47. The van der Waals surface area contributed by atoms with Crippen LogP contribution in [0.15, 0.2) is 42.9 Å². The molecule has 3 aromatic rings. The monoisotopic (exact) mass is 393 g/mol. The van der Waals surface area contributed by atoms with E-state index in [1.54, 1.807) is 6.33 Å². The van der Waals surface area contributed by atoms with Gasteiger partial charge in [0.15, 0.2) is 0 Å². The first-order valence-electron chi connectivity index (χ1n) is 10.8. The number of benzene rings is 1. The zero-order valence-corrected chi connectivity index (χ0v) is 16.8. The number of rotatable bonds is 4. The van der Waals surface area contributed by atoms with E-state index in [-0.39, 0.29) is 5.82 Å². The van der Waals surface area contributed by atoms with Gasteiger partial charge in [0.1, 0.15) is 23.6 Å². The molecule has 0 N–H and O–H groups in total. The van der Waals surface area contributed by atoms with E-state index in [1.807, 2.05) is 12.1 Å². The number of aromatic nitrogens is 3. The van der Waals surface area contributed by atoms with Crippen molar-refractivity contribution in [3.05, 3.63) is 54.2 Å². The van der Waals surface area contributed by atoms with Gasteiger partial charge < -0.3 is 14.4 Å². The summed E-state index contributed by atoms with van der Waals surface area (Å²) in [5, 5.41) is 1.10. The van der Waals surface area contributed by atoms with E-state index in [1.165, 1.54) is 57.3 Å². The van der Waals surface area contributed by atoms with Crippen molar-refractivity contribution in [2.24, 2.45) is 0 Å². The summed E-state index contributed by atoms with van der Waals surface area (Å²) in [6, 6.07) is 9.52. The second kappa shape index (κ2) is 8.11. The molecule has 152 valence electrons. The molecule has 2 fully saturated rings. The SMILES string of the molecule is Fc1ccc(Cn2ccc3c(N4CCC(N5CCCCC5)CC4)ncnc32)cc1. The van der Waals surface area contributed by atoms with Gasteiger partial charge in [-0.15, -0.1) is 0 Å². The molecule has 29 heavy (non-hydrogen) atoms. The fraction of sp³-hybridized carbons (Fsp3) is 0.478. The van der Waals surface area contributed by atoms with Crippen LogP contribution in [0.5, 0.6) is 0 Å². The topological polar surface area (TPSA) is 37.2 Å². The standard InChI is InChI=1S/C23H28FN5/c24-19-6-4-18(5-7-19)16-29-15-10-21-22(25-17-26-23(21)29)28-13-8-20(9-14-28)27-11-2-1-3-12-27/h4-7,10,15,17,20H,1-3,8-9,11-14,16H2. The van der Waals surface area contributed by atoms with Crippen molar-refractivity contribution >= 4 is 16.9 Å². The van der Waals surface area contributed by atoms with E-state index in [0.717, 1.165) is 41.5 Å². The van der Waals surface area contributed by atoms with Crippen LogP contribution in [0.2, 0.25) is 0 Å². The minimum Gasteiger partial charge on any atom is -0.356 e. The Bertz CT molecular complexity index is 953. The van der Waals surface area contributed by atoms with Gasteiger partial charge in [0.05, 0.1) is 5.39 Å². The largest absolute Gasteiger partial charge is 0.356 e. The van der Waals surface area contributed by atoms with Crippen molar-refractivity contribution in [1.82, 2.24) is 19.4 Å². The lowest BCUT2D eigenvalue weighted by Gasteiger charge is -2.40. The molecule has 1 aromatic carbocycles. The quantitative estimate of drug-likeness (QED) is 0.670. The molecule has 0 bridgehead atoms. The number of piperidine rings is 2. The van der Waals surface area contributed by atoms with E-state index in [2.05, 4.69) is 36.6 Å². The summed E-state index contributed by atoms with van der Waals surface area (Å²) in [6.07, 6.45) is 10.3. The van der Waals surface area contributed by atoms with Crippen LogP contribution in [0.4, 0.5) is 10.2 Å². The van der Waals surface area contributed by atoms with E-state index < -0.39 is 0 Å². The van der Waals surface area contributed by atoms with Crippen LogP contribution in [0.25, 0.3) is 11.0 Å². The summed E-state index contributed by atoms with van der Waals surface area (Å²) in [5.41, 5.74) is 2.00. The van der Waals surface area contributed by atoms with E-state index in [4.69, 9.17) is 0 Å². The van der Waals surface area contributed by atoms with Crippen molar-refractivity contribution in [3.63, 3.8) is 0 Å². The van der Waals surface area contributed by atoms with Crippen LogP contribution < -0.4 is 4.90 Å². The molecule has 0 spiro atoms. The molecule has 0 atom stereocenters. The molecular weight excluding hydrogens is 365 g/mol. The lowest BCUT2D eigenvalue weighted by atomic mass is 10.00. The van der Waals surface area contributed by atoms with Crippen molar-refractivity contribution in [1.29, 1.82) is 0 Å². The van der Waals surface area contributed by atoms with Gasteiger partial charge in [0.2, 0.25) is 0 Å². The first-order chi connectivity index (χ1) is 14.3. The summed E-state index contributed by atoms with van der Waals surface area (Å²) in [6.45, 7) is 5.33. The van der Waals surface area contributed by atoms with Gasteiger partial charge in [-0.05, 0) is 62.5 Å². The molecule has 2 aliphatic heterocycles. The van der Waals surface area contributed by atoms with Crippen LogP contribution >= 0.6 is 0 Å². The molecule has 5 rings (SSSR count). The van der Waals surface area contributed by atoms with Crippen molar-refractivity contribution in [2.75, 3.05) is 31.1 Å². The number of likely N-dealkylation sites (tertiary alicyclic amines) is 1. The van der Waals surface area contributed by atoms with Crippen LogP contribution in [0.1, 0.15) is 37.7 Å². The fourth-order valence-corrected chi connectivity index (χ4v) is 4.88. The highest BCUT2D eigenvalue weighted by atomic mass is 19.1. The van der Waals surface area contributed by atoms with Gasteiger partial charge in [-0.25, -0.2) is 14.4 Å². The Kier molecular flexibility index (Phi) is 5.19. The third kappa shape index (κ3) is 3.86. The average molecular weight is 394 g/mol. The Morgan fingerprint density at radius 2 is 1.66 bits per heavy atom. The molecule has 2 aromatic heterocycles. The van der Waals surface area contributed by atoms with Crippen LogP contribution in [-0.4, -0.2) is 51.7 Å². The van der Waals surface area contributed by atoms with Crippen LogP contribution in [0, 0.1) is 5.82 Å². The Balaban J connectivity index is 1.32. The summed E-state index contributed by atoms with van der Waals surface area (Å²) >= 11 is 0. The van der Waals surface area contributed by atoms with Crippen LogP contribution in [0.3, 0.4) is 0 Å². The third-order valence-electron chi connectivity index (χ3n) is 6.47. The molecule has 0 aliphatic carbocycles.